The first kappa shape index (κ1) is 20.9. The Labute approximate surface area is 173 Å². The first-order valence-electron chi connectivity index (χ1n) is 10.3. The van der Waals surface area contributed by atoms with Crippen molar-refractivity contribution < 1.29 is 4.79 Å². The van der Waals surface area contributed by atoms with Gasteiger partial charge in [0.05, 0.1) is 10.7 Å². The van der Waals surface area contributed by atoms with E-state index in [1.54, 1.807) is 18.2 Å². The van der Waals surface area contributed by atoms with Gasteiger partial charge in [-0.2, -0.15) is 0 Å². The molecule has 27 heavy (non-hydrogen) atoms. The molecule has 150 valence electrons. The summed E-state index contributed by atoms with van der Waals surface area (Å²) in [6.45, 7) is 6.50. The summed E-state index contributed by atoms with van der Waals surface area (Å²) in [5, 5.41) is 3.96. The maximum Gasteiger partial charge on any atom is 0.225 e. The van der Waals surface area contributed by atoms with Crippen LogP contribution in [0.1, 0.15) is 44.9 Å². The maximum atomic E-state index is 12.3. The van der Waals surface area contributed by atoms with E-state index in [0.717, 1.165) is 32.1 Å². The third kappa shape index (κ3) is 6.94. The Kier molecular flexibility index (Phi) is 8.25. The van der Waals surface area contributed by atoms with Crippen LogP contribution < -0.4 is 5.32 Å². The van der Waals surface area contributed by atoms with Gasteiger partial charge in [-0.3, -0.25) is 4.79 Å². The van der Waals surface area contributed by atoms with Crippen molar-refractivity contribution in [3.63, 3.8) is 0 Å². The summed E-state index contributed by atoms with van der Waals surface area (Å²) in [5.41, 5.74) is 0.587. The molecular formula is C21H31Cl2N3O. The summed E-state index contributed by atoms with van der Waals surface area (Å²) < 4.78 is 0. The van der Waals surface area contributed by atoms with E-state index >= 15 is 0 Å². The lowest BCUT2D eigenvalue weighted by molar-refractivity contribution is -0.116. The van der Waals surface area contributed by atoms with Crippen molar-refractivity contribution in [1.82, 2.24) is 9.80 Å². The first-order valence-corrected chi connectivity index (χ1v) is 11.1. The summed E-state index contributed by atoms with van der Waals surface area (Å²) in [6, 6.07) is 5.11. The van der Waals surface area contributed by atoms with Crippen LogP contribution in [-0.4, -0.2) is 55.0 Å². The number of rotatable bonds is 6. The van der Waals surface area contributed by atoms with Crippen LogP contribution >= 0.6 is 23.2 Å². The van der Waals surface area contributed by atoms with Crippen molar-refractivity contribution in [2.24, 2.45) is 5.92 Å². The van der Waals surface area contributed by atoms with Crippen LogP contribution in [0.25, 0.3) is 0 Å². The van der Waals surface area contributed by atoms with E-state index in [0.29, 0.717) is 22.2 Å². The van der Waals surface area contributed by atoms with Gasteiger partial charge in [0.1, 0.15) is 0 Å². The van der Waals surface area contributed by atoms with Gasteiger partial charge in [-0.05, 0) is 56.5 Å². The van der Waals surface area contributed by atoms with Gasteiger partial charge in [-0.1, -0.05) is 42.5 Å². The quantitative estimate of drug-likeness (QED) is 0.721. The van der Waals surface area contributed by atoms with E-state index in [4.69, 9.17) is 23.2 Å². The predicted molar refractivity (Wildman–Crippen MR) is 114 cm³/mol. The van der Waals surface area contributed by atoms with Crippen LogP contribution in [-0.2, 0) is 4.79 Å². The fourth-order valence-corrected chi connectivity index (χ4v) is 4.57. The highest BCUT2D eigenvalue weighted by atomic mass is 35.5. The van der Waals surface area contributed by atoms with Gasteiger partial charge in [0, 0.05) is 37.6 Å². The number of hydrogen-bond acceptors (Lipinski definition) is 3. The van der Waals surface area contributed by atoms with Gasteiger partial charge >= 0.3 is 0 Å². The smallest absolute Gasteiger partial charge is 0.225 e. The zero-order valence-corrected chi connectivity index (χ0v) is 17.6. The maximum absolute atomic E-state index is 12.3. The summed E-state index contributed by atoms with van der Waals surface area (Å²) in [6.07, 6.45) is 8.73. The third-order valence-electron chi connectivity index (χ3n) is 5.78. The Morgan fingerprint density at radius 2 is 1.74 bits per heavy atom. The molecule has 0 bridgehead atoms. The Morgan fingerprint density at radius 1 is 1.00 bits per heavy atom. The van der Waals surface area contributed by atoms with Crippen molar-refractivity contribution in [2.45, 2.75) is 44.9 Å². The van der Waals surface area contributed by atoms with Gasteiger partial charge in [0.15, 0.2) is 0 Å². The van der Waals surface area contributed by atoms with E-state index in [9.17, 15) is 4.79 Å². The largest absolute Gasteiger partial charge is 0.325 e. The Bertz CT molecular complexity index is 619. The number of nitrogens with one attached hydrogen (secondary N) is 1. The minimum atomic E-state index is -0.0116. The molecule has 1 aromatic carbocycles. The lowest BCUT2D eigenvalue weighted by Gasteiger charge is -2.28. The van der Waals surface area contributed by atoms with Crippen molar-refractivity contribution in [3.05, 3.63) is 28.2 Å². The lowest BCUT2D eigenvalue weighted by atomic mass is 9.89. The molecule has 1 aromatic rings. The molecule has 0 aromatic heterocycles. The summed E-state index contributed by atoms with van der Waals surface area (Å²) in [4.78, 5) is 17.3. The number of benzene rings is 1. The number of hydrogen-bond donors (Lipinski definition) is 1. The Hall–Kier alpha value is -0.810. The number of carbonyl (C=O) groups excluding carboxylic acids is 1. The molecule has 0 radical (unpaired) electrons. The minimum absolute atomic E-state index is 0.0116. The molecule has 0 unspecified atom stereocenters. The highest BCUT2D eigenvalue weighted by Gasteiger charge is 2.20. The van der Waals surface area contributed by atoms with E-state index < -0.39 is 0 Å². The van der Waals surface area contributed by atoms with Crippen LogP contribution in [0.5, 0.6) is 0 Å². The summed E-state index contributed by atoms with van der Waals surface area (Å²) >= 11 is 12.1. The van der Waals surface area contributed by atoms with E-state index in [1.807, 2.05) is 0 Å². The number of amides is 1. The molecule has 0 atom stereocenters. The number of carbonyl (C=O) groups is 1. The molecule has 1 heterocycles. The average molecular weight is 412 g/mol. The fourth-order valence-electron chi connectivity index (χ4n) is 4.23. The monoisotopic (exact) mass is 411 g/mol. The fraction of sp³-hybridized carbons (Fsp3) is 0.667. The first-order chi connectivity index (χ1) is 13.1. The predicted octanol–water partition coefficient (Wildman–Crippen LogP) is 4.91. The number of anilines is 1. The molecule has 2 fully saturated rings. The summed E-state index contributed by atoms with van der Waals surface area (Å²) in [7, 11) is 0. The second kappa shape index (κ2) is 10.7. The summed E-state index contributed by atoms with van der Waals surface area (Å²) in [5.74, 6) is 0.890. The zero-order chi connectivity index (χ0) is 19.1. The average Bonchev–Trinajstić information content (AvgIpc) is 2.89. The molecule has 2 aliphatic rings. The molecule has 0 spiro atoms. The molecule has 1 aliphatic carbocycles. The standard InChI is InChI=1S/C21H31Cl2N3O/c22-18-7-8-19(23)20(15-18)24-21(27)9-12-25-10-4-11-26(14-13-25)16-17-5-2-1-3-6-17/h7-8,15,17H,1-6,9-14,16H2,(H,24,27). The number of halogens is 2. The molecule has 1 amide bonds. The second-order valence-electron chi connectivity index (χ2n) is 7.92. The van der Waals surface area contributed by atoms with E-state index in [2.05, 4.69) is 15.1 Å². The van der Waals surface area contributed by atoms with Gasteiger partial charge in [0.2, 0.25) is 5.91 Å². The van der Waals surface area contributed by atoms with Crippen LogP contribution in [0.2, 0.25) is 10.0 Å². The van der Waals surface area contributed by atoms with Gasteiger partial charge in [0.25, 0.3) is 0 Å². The van der Waals surface area contributed by atoms with Gasteiger partial charge in [-0.15, -0.1) is 0 Å². The van der Waals surface area contributed by atoms with Crippen molar-refractivity contribution in [1.29, 1.82) is 0 Å². The Morgan fingerprint density at radius 3 is 2.56 bits per heavy atom. The van der Waals surface area contributed by atoms with Crippen LogP contribution in [0, 0.1) is 5.92 Å². The van der Waals surface area contributed by atoms with E-state index in [1.165, 1.54) is 51.6 Å². The van der Waals surface area contributed by atoms with Gasteiger partial charge in [-0.25, -0.2) is 0 Å². The Balaban J connectivity index is 1.39. The van der Waals surface area contributed by atoms with Crippen LogP contribution in [0.4, 0.5) is 5.69 Å². The molecule has 1 saturated carbocycles. The highest BCUT2D eigenvalue weighted by molar-refractivity contribution is 6.35. The van der Waals surface area contributed by atoms with Crippen molar-refractivity contribution >= 4 is 34.8 Å². The molecule has 4 nitrogen and oxygen atoms in total. The molecule has 3 rings (SSSR count). The SMILES string of the molecule is O=C(CCN1CCCN(CC2CCCCC2)CC1)Nc1cc(Cl)ccc1Cl. The molecule has 1 saturated heterocycles. The molecule has 6 heteroatoms. The lowest BCUT2D eigenvalue weighted by Crippen LogP contribution is -2.35. The minimum Gasteiger partial charge on any atom is -0.325 e. The molecule has 1 aliphatic heterocycles. The third-order valence-corrected chi connectivity index (χ3v) is 6.34. The normalized spacial score (nSPS) is 20.4. The van der Waals surface area contributed by atoms with Crippen molar-refractivity contribution in [3.8, 4) is 0 Å². The molecule has 1 N–H and O–H groups in total. The number of nitrogens with zero attached hydrogens (tertiary/aromatic N) is 2. The topological polar surface area (TPSA) is 35.6 Å². The van der Waals surface area contributed by atoms with Crippen LogP contribution in [0.3, 0.4) is 0 Å². The molecular weight excluding hydrogens is 381 g/mol. The highest BCUT2D eigenvalue weighted by Crippen LogP contribution is 2.26. The zero-order valence-electron chi connectivity index (χ0n) is 16.1. The van der Waals surface area contributed by atoms with Crippen LogP contribution in [0.15, 0.2) is 18.2 Å². The second-order valence-corrected chi connectivity index (χ2v) is 8.77. The van der Waals surface area contributed by atoms with Gasteiger partial charge < -0.3 is 15.1 Å². The van der Waals surface area contributed by atoms with Crippen molar-refractivity contribution in [2.75, 3.05) is 44.6 Å². The van der Waals surface area contributed by atoms with E-state index in [-0.39, 0.29) is 5.91 Å².